The van der Waals surface area contributed by atoms with E-state index in [1.165, 1.54) is 13.1 Å². The molecular weight excluding hydrogens is 112 g/mol. The zero-order valence-corrected chi connectivity index (χ0v) is 6.43. The molecule has 0 atom stereocenters. The molecule has 1 fully saturated rings. The Kier molecular flexibility index (Phi) is 1.78. The van der Waals surface area contributed by atoms with Crippen molar-refractivity contribution >= 4 is 0 Å². The maximum absolute atomic E-state index is 3.89. The number of nitrogens with zero attached hydrogens (tertiary/aromatic N) is 2. The summed E-state index contributed by atoms with van der Waals surface area (Å²) in [4.78, 5) is 2.14. The Morgan fingerprint density at radius 2 is 1.67 bits per heavy atom. The van der Waals surface area contributed by atoms with Crippen LogP contribution in [0.1, 0.15) is 0 Å². The first-order valence-electron chi connectivity index (χ1n) is 3.48. The second kappa shape index (κ2) is 2.27. The molecule has 9 heavy (non-hydrogen) atoms. The first-order chi connectivity index (χ1) is 4.10. The summed E-state index contributed by atoms with van der Waals surface area (Å²) in [5.74, 6) is 0. The Morgan fingerprint density at radius 1 is 1.22 bits per heavy atom. The largest absolute Gasteiger partial charge is 0.326 e. The molecule has 1 aliphatic rings. The molecule has 0 aromatic rings. The van der Waals surface area contributed by atoms with E-state index >= 15 is 0 Å². The zero-order chi connectivity index (χ0) is 6.91. The average molecular weight is 128 g/mol. The highest BCUT2D eigenvalue weighted by molar-refractivity contribution is 4.59. The Morgan fingerprint density at radius 3 is 2.00 bits per heavy atom. The summed E-state index contributed by atoms with van der Waals surface area (Å²) >= 11 is 0. The van der Waals surface area contributed by atoms with Crippen molar-refractivity contribution in [3.8, 4) is 0 Å². The summed E-state index contributed by atoms with van der Waals surface area (Å²) < 4.78 is 1.16. The Bertz CT molecular complexity index is 89.1. The molecule has 1 radical (unpaired) electrons. The van der Waals surface area contributed by atoms with Gasteiger partial charge in [0.05, 0.1) is 27.2 Å². The van der Waals surface area contributed by atoms with Crippen molar-refractivity contribution in [1.29, 1.82) is 0 Å². The molecule has 53 valence electrons. The minimum Gasteiger partial charge on any atom is -0.326 e. The average Bonchev–Trinajstić information content (AvgIpc) is 1.78. The van der Waals surface area contributed by atoms with Gasteiger partial charge in [-0.15, -0.1) is 0 Å². The minimum atomic E-state index is 1.15. The lowest BCUT2D eigenvalue weighted by Gasteiger charge is -2.37. The lowest BCUT2D eigenvalue weighted by atomic mass is 10.3. The highest BCUT2D eigenvalue weighted by Crippen LogP contribution is 2.03. The van der Waals surface area contributed by atoms with Gasteiger partial charge in [-0.1, -0.05) is 0 Å². The summed E-state index contributed by atoms with van der Waals surface area (Å²) in [5, 5.41) is 0. The fourth-order valence-electron chi connectivity index (χ4n) is 1.05. The highest BCUT2D eigenvalue weighted by atomic mass is 15.4. The summed E-state index contributed by atoms with van der Waals surface area (Å²) in [6, 6.07) is 0. The molecule has 0 bridgehead atoms. The third-order valence-electron chi connectivity index (χ3n) is 2.04. The van der Waals surface area contributed by atoms with Crippen LogP contribution in [0, 0.1) is 7.05 Å². The highest BCUT2D eigenvalue weighted by Gasteiger charge is 2.21. The number of hydrogen-bond acceptors (Lipinski definition) is 1. The van der Waals surface area contributed by atoms with E-state index in [4.69, 9.17) is 0 Å². The van der Waals surface area contributed by atoms with Gasteiger partial charge < -0.3 is 4.48 Å². The summed E-state index contributed by atoms with van der Waals surface area (Å²) in [6.07, 6.45) is 0. The second-order valence-electron chi connectivity index (χ2n) is 3.50. The van der Waals surface area contributed by atoms with Crippen molar-refractivity contribution in [1.82, 2.24) is 4.90 Å². The molecule has 2 nitrogen and oxygen atoms in total. The Hall–Kier alpha value is -0.0800. The monoisotopic (exact) mass is 128 g/mol. The Balaban J connectivity index is 2.35. The molecular formula is C7H16N2+. The predicted octanol–water partition coefficient (Wildman–Crippen LogP) is 0.170. The van der Waals surface area contributed by atoms with Crippen LogP contribution in [0.25, 0.3) is 0 Å². The van der Waals surface area contributed by atoms with E-state index < -0.39 is 0 Å². The van der Waals surface area contributed by atoms with Crippen LogP contribution >= 0.6 is 0 Å². The van der Waals surface area contributed by atoms with Crippen LogP contribution in [0.4, 0.5) is 0 Å². The van der Waals surface area contributed by atoms with Crippen LogP contribution in [0.2, 0.25) is 0 Å². The zero-order valence-electron chi connectivity index (χ0n) is 6.43. The molecule has 0 unspecified atom stereocenters. The van der Waals surface area contributed by atoms with Gasteiger partial charge in [-0.3, -0.25) is 4.90 Å². The minimum absolute atomic E-state index is 1.15. The van der Waals surface area contributed by atoms with Gasteiger partial charge in [0.15, 0.2) is 0 Å². The van der Waals surface area contributed by atoms with E-state index in [-0.39, 0.29) is 0 Å². The number of rotatable bonds is 0. The van der Waals surface area contributed by atoms with Gasteiger partial charge in [-0.2, -0.15) is 0 Å². The summed E-state index contributed by atoms with van der Waals surface area (Å²) in [6.45, 7) is 4.77. The number of hydrogen-bond donors (Lipinski definition) is 0. The van der Waals surface area contributed by atoms with Gasteiger partial charge in [0.2, 0.25) is 0 Å². The molecule has 0 amide bonds. The maximum Gasteiger partial charge on any atom is 0.0912 e. The summed E-state index contributed by atoms with van der Waals surface area (Å²) in [7, 11) is 8.43. The van der Waals surface area contributed by atoms with Crippen LogP contribution in [0.5, 0.6) is 0 Å². The topological polar surface area (TPSA) is 3.24 Å². The van der Waals surface area contributed by atoms with Crippen LogP contribution < -0.4 is 0 Å². The SMILES string of the molecule is [CH2]N1CC[N+](C)(C)CC1. The molecule has 0 saturated carbocycles. The van der Waals surface area contributed by atoms with E-state index in [9.17, 15) is 0 Å². The van der Waals surface area contributed by atoms with Crippen molar-refractivity contribution in [3.63, 3.8) is 0 Å². The molecule has 1 aliphatic heterocycles. The van der Waals surface area contributed by atoms with Crippen molar-refractivity contribution < 1.29 is 4.48 Å². The molecule has 2 heteroatoms. The van der Waals surface area contributed by atoms with Crippen molar-refractivity contribution in [2.75, 3.05) is 40.3 Å². The van der Waals surface area contributed by atoms with E-state index in [0.717, 1.165) is 17.6 Å². The molecule has 1 heterocycles. The van der Waals surface area contributed by atoms with E-state index in [1.54, 1.807) is 0 Å². The lowest BCUT2D eigenvalue weighted by Crippen LogP contribution is -2.53. The first-order valence-corrected chi connectivity index (χ1v) is 3.48. The number of piperazine rings is 1. The molecule has 0 spiro atoms. The van der Waals surface area contributed by atoms with Crippen LogP contribution in [-0.2, 0) is 0 Å². The van der Waals surface area contributed by atoms with Gasteiger partial charge in [-0.05, 0) is 0 Å². The van der Waals surface area contributed by atoms with Gasteiger partial charge >= 0.3 is 0 Å². The fourth-order valence-corrected chi connectivity index (χ4v) is 1.05. The van der Waals surface area contributed by atoms with E-state index in [0.29, 0.717) is 0 Å². The third-order valence-corrected chi connectivity index (χ3v) is 2.04. The molecule has 1 rings (SSSR count). The summed E-state index contributed by atoms with van der Waals surface area (Å²) in [5.41, 5.74) is 0. The molecule has 0 aromatic heterocycles. The van der Waals surface area contributed by atoms with Crippen LogP contribution in [0.15, 0.2) is 0 Å². The van der Waals surface area contributed by atoms with E-state index in [2.05, 4.69) is 26.0 Å². The standard InChI is InChI=1S/C7H16N2/c1-8-4-6-9(2,3)7-5-8/h1,4-7H2,2-3H3/q+1. The molecule has 0 aromatic carbocycles. The fraction of sp³-hybridized carbons (Fsp3) is 0.857. The lowest BCUT2D eigenvalue weighted by molar-refractivity contribution is -0.894. The quantitative estimate of drug-likeness (QED) is 0.420. The van der Waals surface area contributed by atoms with Crippen molar-refractivity contribution in [2.45, 2.75) is 0 Å². The molecule has 0 N–H and O–H groups in total. The first kappa shape index (κ1) is 7.03. The normalized spacial score (nSPS) is 28.3. The Labute approximate surface area is 57.7 Å². The third kappa shape index (κ3) is 1.95. The second-order valence-corrected chi connectivity index (χ2v) is 3.50. The molecule has 0 aliphatic carbocycles. The van der Waals surface area contributed by atoms with E-state index in [1.807, 2.05) is 0 Å². The van der Waals surface area contributed by atoms with Gasteiger partial charge in [0.1, 0.15) is 0 Å². The van der Waals surface area contributed by atoms with Gasteiger partial charge in [-0.25, -0.2) is 0 Å². The van der Waals surface area contributed by atoms with Gasteiger partial charge in [0.25, 0.3) is 0 Å². The smallest absolute Gasteiger partial charge is 0.0912 e. The maximum atomic E-state index is 3.89. The number of quaternary nitrogens is 1. The predicted molar refractivity (Wildman–Crippen MR) is 38.8 cm³/mol. The van der Waals surface area contributed by atoms with Gasteiger partial charge in [0, 0.05) is 20.1 Å². The van der Waals surface area contributed by atoms with Crippen molar-refractivity contribution in [3.05, 3.63) is 7.05 Å². The van der Waals surface area contributed by atoms with Crippen LogP contribution in [-0.4, -0.2) is 49.7 Å². The van der Waals surface area contributed by atoms with Crippen molar-refractivity contribution in [2.24, 2.45) is 0 Å². The van der Waals surface area contributed by atoms with Crippen LogP contribution in [0.3, 0.4) is 0 Å². The number of likely N-dealkylation sites (N-methyl/N-ethyl adjacent to an activating group) is 1. The molecule has 1 saturated heterocycles.